The molecule has 2 rings (SSSR count). The highest BCUT2D eigenvalue weighted by Crippen LogP contribution is 2.48. The number of hydrogen-bond donors (Lipinski definition) is 0. The average Bonchev–Trinajstić information content (AvgIpc) is 3.01. The van der Waals surface area contributed by atoms with Crippen molar-refractivity contribution in [2.45, 2.75) is 64.6 Å². The third-order valence-electron chi connectivity index (χ3n) is 5.75. The SMILES string of the molecule is COC(=O)C1=C(C(=O)OC)C2CCCC2=C(O[Si](C)(C)C(C)(C)C)C1. The van der Waals surface area contributed by atoms with Crippen LogP contribution in [-0.2, 0) is 23.5 Å². The number of esters is 2. The van der Waals surface area contributed by atoms with Crippen LogP contribution in [0.3, 0.4) is 0 Å². The number of ether oxygens (including phenoxy) is 2. The normalized spacial score (nSPS) is 21.2. The van der Waals surface area contributed by atoms with Gasteiger partial charge in [-0.3, -0.25) is 0 Å². The number of carbonyl (C=O) groups is 2. The first-order chi connectivity index (χ1) is 11.5. The Bertz CT molecular complexity index is 637. The van der Waals surface area contributed by atoms with Gasteiger partial charge in [-0.25, -0.2) is 9.59 Å². The summed E-state index contributed by atoms with van der Waals surface area (Å²) in [7, 11) is 0.658. The average molecular weight is 367 g/mol. The lowest BCUT2D eigenvalue weighted by atomic mass is 9.82. The Labute approximate surface area is 151 Å². The fraction of sp³-hybridized carbons (Fsp3) is 0.684. The summed E-state index contributed by atoms with van der Waals surface area (Å²) < 4.78 is 16.5. The van der Waals surface area contributed by atoms with Crippen molar-refractivity contribution < 1.29 is 23.5 Å². The first-order valence-corrected chi connectivity index (χ1v) is 11.7. The van der Waals surface area contributed by atoms with Gasteiger partial charge in [0.2, 0.25) is 8.32 Å². The number of methoxy groups -OCH3 is 2. The summed E-state index contributed by atoms with van der Waals surface area (Å²) in [6.45, 7) is 11.0. The number of carbonyl (C=O) groups excluding carboxylic acids is 2. The van der Waals surface area contributed by atoms with E-state index in [1.165, 1.54) is 14.2 Å². The van der Waals surface area contributed by atoms with Gasteiger partial charge in [-0.15, -0.1) is 0 Å². The zero-order valence-electron chi connectivity index (χ0n) is 16.4. The molecule has 0 spiro atoms. The van der Waals surface area contributed by atoms with Crippen LogP contribution in [0.15, 0.2) is 22.5 Å². The molecule has 0 N–H and O–H groups in total. The second-order valence-corrected chi connectivity index (χ2v) is 13.0. The molecule has 2 aliphatic carbocycles. The lowest BCUT2D eigenvalue weighted by molar-refractivity contribution is -0.140. The molecule has 25 heavy (non-hydrogen) atoms. The molecule has 1 atom stereocenters. The van der Waals surface area contributed by atoms with Crippen LogP contribution >= 0.6 is 0 Å². The Morgan fingerprint density at radius 2 is 1.68 bits per heavy atom. The molecule has 1 fully saturated rings. The molecule has 0 bridgehead atoms. The first kappa shape index (κ1) is 19.8. The molecule has 0 saturated heterocycles. The highest BCUT2D eigenvalue weighted by Gasteiger charge is 2.44. The zero-order chi connectivity index (χ0) is 19.0. The second kappa shape index (κ2) is 6.98. The van der Waals surface area contributed by atoms with Crippen LogP contribution in [-0.4, -0.2) is 34.5 Å². The molecule has 0 radical (unpaired) electrons. The first-order valence-electron chi connectivity index (χ1n) is 8.84. The van der Waals surface area contributed by atoms with E-state index in [1.54, 1.807) is 0 Å². The van der Waals surface area contributed by atoms with E-state index in [-0.39, 0.29) is 11.0 Å². The van der Waals surface area contributed by atoms with Crippen LogP contribution in [0.4, 0.5) is 0 Å². The second-order valence-electron chi connectivity index (χ2n) is 8.31. The molecule has 1 unspecified atom stereocenters. The summed E-state index contributed by atoms with van der Waals surface area (Å²) in [4.78, 5) is 24.7. The van der Waals surface area contributed by atoms with Crippen LogP contribution in [0.25, 0.3) is 0 Å². The summed E-state index contributed by atoms with van der Waals surface area (Å²) in [6, 6.07) is 0. The summed E-state index contributed by atoms with van der Waals surface area (Å²) in [5.41, 5.74) is 2.01. The van der Waals surface area contributed by atoms with Crippen molar-refractivity contribution in [1.82, 2.24) is 0 Å². The van der Waals surface area contributed by atoms with Crippen LogP contribution in [0.2, 0.25) is 18.1 Å². The smallest absolute Gasteiger partial charge is 0.334 e. The highest BCUT2D eigenvalue weighted by atomic mass is 28.4. The molecule has 140 valence electrons. The van der Waals surface area contributed by atoms with Crippen LogP contribution in [0.5, 0.6) is 0 Å². The molecule has 6 heteroatoms. The minimum atomic E-state index is -2.03. The summed E-state index contributed by atoms with van der Waals surface area (Å²) in [5, 5.41) is 0.0619. The van der Waals surface area contributed by atoms with E-state index in [0.717, 1.165) is 30.6 Å². The number of hydrogen-bond acceptors (Lipinski definition) is 5. The summed E-state index contributed by atoms with van der Waals surface area (Å²) in [6.07, 6.45) is 3.04. The maximum Gasteiger partial charge on any atom is 0.334 e. The Morgan fingerprint density at radius 3 is 2.20 bits per heavy atom. The van der Waals surface area contributed by atoms with E-state index in [2.05, 4.69) is 33.9 Å². The quantitative estimate of drug-likeness (QED) is 0.553. The molecule has 1 saturated carbocycles. The maximum absolute atomic E-state index is 12.3. The Kier molecular flexibility index (Phi) is 5.52. The van der Waals surface area contributed by atoms with Gasteiger partial charge in [-0.2, -0.15) is 0 Å². The summed E-state index contributed by atoms with van der Waals surface area (Å²) in [5.74, 6) is -0.115. The largest absolute Gasteiger partial charge is 0.546 e. The van der Waals surface area contributed by atoms with Crippen molar-refractivity contribution in [3.63, 3.8) is 0 Å². The van der Waals surface area contributed by atoms with Crippen LogP contribution < -0.4 is 0 Å². The van der Waals surface area contributed by atoms with E-state index >= 15 is 0 Å². The van der Waals surface area contributed by atoms with Gasteiger partial charge in [0.1, 0.15) is 0 Å². The molecule has 0 heterocycles. The number of allylic oxidation sites excluding steroid dienone is 2. The number of rotatable bonds is 4. The molecule has 0 aromatic carbocycles. The van der Waals surface area contributed by atoms with Crippen LogP contribution in [0.1, 0.15) is 46.5 Å². The van der Waals surface area contributed by atoms with Gasteiger partial charge in [-0.1, -0.05) is 20.8 Å². The lowest BCUT2D eigenvalue weighted by Crippen LogP contribution is -2.41. The van der Waals surface area contributed by atoms with Crippen molar-refractivity contribution in [2.24, 2.45) is 5.92 Å². The molecule has 0 amide bonds. The van der Waals surface area contributed by atoms with Crippen LogP contribution in [0, 0.1) is 5.92 Å². The Hall–Kier alpha value is -1.56. The Balaban J connectivity index is 2.48. The minimum absolute atomic E-state index is 0.0619. The van der Waals surface area contributed by atoms with Gasteiger partial charge in [0.25, 0.3) is 0 Å². The monoisotopic (exact) mass is 366 g/mol. The molecule has 0 aliphatic heterocycles. The molecule has 5 nitrogen and oxygen atoms in total. The predicted octanol–water partition coefficient (Wildman–Crippen LogP) is 4.11. The van der Waals surface area contributed by atoms with E-state index < -0.39 is 20.3 Å². The third-order valence-corrected chi connectivity index (χ3v) is 10.1. The summed E-state index contributed by atoms with van der Waals surface area (Å²) >= 11 is 0. The lowest BCUT2D eigenvalue weighted by Gasteiger charge is -2.39. The third kappa shape index (κ3) is 3.68. The van der Waals surface area contributed by atoms with Crippen molar-refractivity contribution in [1.29, 1.82) is 0 Å². The van der Waals surface area contributed by atoms with Gasteiger partial charge < -0.3 is 13.9 Å². The maximum atomic E-state index is 12.3. The van der Waals surface area contributed by atoms with E-state index in [4.69, 9.17) is 13.9 Å². The van der Waals surface area contributed by atoms with Crippen molar-refractivity contribution in [3.8, 4) is 0 Å². The molecule has 0 aromatic heterocycles. The fourth-order valence-corrected chi connectivity index (χ4v) is 4.45. The molecular formula is C19H30O5Si. The van der Waals surface area contributed by atoms with Crippen molar-refractivity contribution in [3.05, 3.63) is 22.5 Å². The molecule has 0 aromatic rings. The molecular weight excluding hydrogens is 336 g/mol. The predicted molar refractivity (Wildman–Crippen MR) is 98.3 cm³/mol. The van der Waals surface area contributed by atoms with Gasteiger partial charge in [0.05, 0.1) is 31.1 Å². The number of fused-ring (bicyclic) bond motifs is 1. The van der Waals surface area contributed by atoms with E-state index in [1.807, 2.05) is 0 Å². The topological polar surface area (TPSA) is 61.8 Å². The van der Waals surface area contributed by atoms with Crippen molar-refractivity contribution >= 4 is 20.3 Å². The minimum Gasteiger partial charge on any atom is -0.546 e. The zero-order valence-corrected chi connectivity index (χ0v) is 17.4. The Morgan fingerprint density at radius 1 is 1.08 bits per heavy atom. The van der Waals surface area contributed by atoms with Gasteiger partial charge >= 0.3 is 11.9 Å². The van der Waals surface area contributed by atoms with Gasteiger partial charge in [-0.05, 0) is 43.0 Å². The fourth-order valence-electron chi connectivity index (χ4n) is 3.32. The highest BCUT2D eigenvalue weighted by molar-refractivity contribution is 6.74. The van der Waals surface area contributed by atoms with Gasteiger partial charge in [0.15, 0.2) is 0 Å². The standard InChI is InChI=1S/C19H30O5Si/c1-19(2,3)25(6,7)24-15-11-14(17(20)22-4)16(18(21)23-5)13-10-8-9-12(13)15/h13H,8-11H2,1-7H3. The van der Waals surface area contributed by atoms with E-state index in [0.29, 0.717) is 17.6 Å². The molecule has 2 aliphatic rings. The van der Waals surface area contributed by atoms with Gasteiger partial charge in [0, 0.05) is 12.3 Å². The van der Waals surface area contributed by atoms with E-state index in [9.17, 15) is 9.59 Å². The van der Waals surface area contributed by atoms with Crippen molar-refractivity contribution in [2.75, 3.05) is 14.2 Å².